The van der Waals surface area contributed by atoms with Crippen molar-refractivity contribution in [3.8, 4) is 11.1 Å². The number of rotatable bonds is 5. The van der Waals surface area contributed by atoms with E-state index in [2.05, 4.69) is 67.7 Å². The van der Waals surface area contributed by atoms with E-state index in [1.54, 1.807) is 0 Å². The summed E-state index contributed by atoms with van der Waals surface area (Å²) in [6.45, 7) is 5.54. The van der Waals surface area contributed by atoms with E-state index < -0.39 is 0 Å². The summed E-state index contributed by atoms with van der Waals surface area (Å²) in [4.78, 5) is 0. The van der Waals surface area contributed by atoms with Crippen LogP contribution in [-0.4, -0.2) is 13.6 Å². The van der Waals surface area contributed by atoms with Crippen LogP contribution in [0.5, 0.6) is 0 Å². The molecule has 2 aromatic carbocycles. The highest BCUT2D eigenvalue weighted by molar-refractivity contribution is 5.68. The Morgan fingerprint density at radius 1 is 1.00 bits per heavy atom. The first-order valence-corrected chi connectivity index (χ1v) is 7.05. The van der Waals surface area contributed by atoms with Gasteiger partial charge in [0.2, 0.25) is 0 Å². The van der Waals surface area contributed by atoms with E-state index >= 15 is 0 Å². The maximum Gasteiger partial charge on any atom is -0.00114 e. The fraction of sp³-hybridized carbons (Fsp3) is 0.333. The first kappa shape index (κ1) is 13.8. The van der Waals surface area contributed by atoms with Gasteiger partial charge in [-0.25, -0.2) is 0 Å². The third-order valence-corrected chi connectivity index (χ3v) is 3.49. The third kappa shape index (κ3) is 3.45. The van der Waals surface area contributed by atoms with Gasteiger partial charge in [0.25, 0.3) is 0 Å². The lowest BCUT2D eigenvalue weighted by molar-refractivity contribution is 0.790. The average molecular weight is 253 g/mol. The Morgan fingerprint density at radius 3 is 2.37 bits per heavy atom. The van der Waals surface area contributed by atoms with Gasteiger partial charge in [0.05, 0.1) is 0 Å². The summed E-state index contributed by atoms with van der Waals surface area (Å²) in [5, 5.41) is 3.21. The third-order valence-electron chi connectivity index (χ3n) is 3.49. The molecular weight excluding hydrogens is 230 g/mol. The van der Waals surface area contributed by atoms with Crippen LogP contribution in [0.2, 0.25) is 0 Å². The smallest absolute Gasteiger partial charge is 0.00114 e. The minimum atomic E-state index is 0.550. The lowest BCUT2D eigenvalue weighted by atomic mass is 9.90. The van der Waals surface area contributed by atoms with Gasteiger partial charge in [-0.2, -0.15) is 0 Å². The molecule has 0 atom stereocenters. The predicted octanol–water partition coefficient (Wildman–Crippen LogP) is 4.24. The molecule has 0 saturated carbocycles. The largest absolute Gasteiger partial charge is 0.319 e. The molecule has 0 spiro atoms. The van der Waals surface area contributed by atoms with E-state index in [9.17, 15) is 0 Å². The zero-order valence-corrected chi connectivity index (χ0v) is 12.1. The molecule has 2 aromatic rings. The van der Waals surface area contributed by atoms with Gasteiger partial charge < -0.3 is 5.32 Å². The normalized spacial score (nSPS) is 10.9. The monoisotopic (exact) mass is 253 g/mol. The van der Waals surface area contributed by atoms with Crippen LogP contribution in [0.1, 0.15) is 30.9 Å². The molecule has 1 N–H and O–H groups in total. The van der Waals surface area contributed by atoms with Crippen molar-refractivity contribution in [1.82, 2.24) is 5.32 Å². The molecule has 0 heterocycles. The van der Waals surface area contributed by atoms with Crippen LogP contribution < -0.4 is 5.32 Å². The first-order chi connectivity index (χ1) is 9.22. The SMILES string of the molecule is CNCCc1ccc(C(C)C)c(-c2ccccc2)c1. The molecular formula is C18H23N. The summed E-state index contributed by atoms with van der Waals surface area (Å²) < 4.78 is 0. The van der Waals surface area contributed by atoms with Crippen LogP contribution in [0.25, 0.3) is 11.1 Å². The van der Waals surface area contributed by atoms with Crippen LogP contribution in [0.4, 0.5) is 0 Å². The van der Waals surface area contributed by atoms with Crippen molar-refractivity contribution in [2.45, 2.75) is 26.2 Å². The van der Waals surface area contributed by atoms with Crippen molar-refractivity contribution >= 4 is 0 Å². The maximum atomic E-state index is 3.21. The Labute approximate surface area is 116 Å². The molecule has 0 aliphatic carbocycles. The molecule has 2 rings (SSSR count). The molecule has 1 heteroatoms. The molecule has 0 radical (unpaired) electrons. The van der Waals surface area contributed by atoms with Crippen molar-refractivity contribution in [2.75, 3.05) is 13.6 Å². The fourth-order valence-corrected chi connectivity index (χ4v) is 2.40. The second-order valence-electron chi connectivity index (χ2n) is 5.30. The van der Waals surface area contributed by atoms with E-state index in [-0.39, 0.29) is 0 Å². The van der Waals surface area contributed by atoms with Crippen LogP contribution in [-0.2, 0) is 6.42 Å². The van der Waals surface area contributed by atoms with E-state index in [4.69, 9.17) is 0 Å². The minimum Gasteiger partial charge on any atom is -0.319 e. The van der Waals surface area contributed by atoms with Gasteiger partial charge in [-0.15, -0.1) is 0 Å². The first-order valence-electron chi connectivity index (χ1n) is 7.05. The van der Waals surface area contributed by atoms with Gasteiger partial charge >= 0.3 is 0 Å². The van der Waals surface area contributed by atoms with Crippen LogP contribution in [0.15, 0.2) is 48.5 Å². The average Bonchev–Trinajstić information content (AvgIpc) is 2.45. The summed E-state index contributed by atoms with van der Waals surface area (Å²) in [7, 11) is 2.00. The molecule has 0 unspecified atom stereocenters. The number of likely N-dealkylation sites (N-methyl/N-ethyl adjacent to an activating group) is 1. The van der Waals surface area contributed by atoms with E-state index in [0.717, 1.165) is 13.0 Å². The molecule has 0 bridgehead atoms. The Morgan fingerprint density at radius 2 is 1.74 bits per heavy atom. The molecule has 0 saturated heterocycles. The quantitative estimate of drug-likeness (QED) is 0.840. The minimum absolute atomic E-state index is 0.550. The van der Waals surface area contributed by atoms with Crippen LogP contribution >= 0.6 is 0 Å². The Kier molecular flexibility index (Phi) is 4.75. The second kappa shape index (κ2) is 6.53. The maximum absolute atomic E-state index is 3.21. The van der Waals surface area contributed by atoms with E-state index in [0.29, 0.717) is 5.92 Å². The molecule has 0 aromatic heterocycles. The molecule has 1 nitrogen and oxygen atoms in total. The second-order valence-corrected chi connectivity index (χ2v) is 5.30. The Balaban J connectivity index is 2.42. The summed E-state index contributed by atoms with van der Waals surface area (Å²) >= 11 is 0. The fourth-order valence-electron chi connectivity index (χ4n) is 2.40. The van der Waals surface area contributed by atoms with E-state index in [1.165, 1.54) is 22.3 Å². The molecule has 0 amide bonds. The van der Waals surface area contributed by atoms with Gasteiger partial charge in [-0.1, -0.05) is 62.4 Å². The highest BCUT2D eigenvalue weighted by Crippen LogP contribution is 2.30. The highest BCUT2D eigenvalue weighted by Gasteiger charge is 2.09. The molecule has 100 valence electrons. The number of nitrogens with one attached hydrogen (secondary N) is 1. The van der Waals surface area contributed by atoms with Crippen LogP contribution in [0, 0.1) is 0 Å². The predicted molar refractivity (Wildman–Crippen MR) is 83.6 cm³/mol. The van der Waals surface area contributed by atoms with Gasteiger partial charge in [0.1, 0.15) is 0 Å². The summed E-state index contributed by atoms with van der Waals surface area (Å²) in [5.41, 5.74) is 5.53. The standard InChI is InChI=1S/C18H23N/c1-14(2)17-10-9-15(11-12-19-3)13-18(17)16-7-5-4-6-8-16/h4-10,13-14,19H,11-12H2,1-3H3. The molecule has 19 heavy (non-hydrogen) atoms. The number of hydrogen-bond acceptors (Lipinski definition) is 1. The Hall–Kier alpha value is -1.60. The van der Waals surface area contributed by atoms with E-state index in [1.807, 2.05) is 7.05 Å². The molecule has 0 aliphatic heterocycles. The summed E-state index contributed by atoms with van der Waals surface area (Å²) in [5.74, 6) is 0.550. The number of benzene rings is 2. The van der Waals surface area contributed by atoms with Crippen molar-refractivity contribution in [1.29, 1.82) is 0 Å². The lowest BCUT2D eigenvalue weighted by Crippen LogP contribution is -2.10. The van der Waals surface area contributed by atoms with Gasteiger partial charge in [-0.05, 0) is 48.2 Å². The highest BCUT2D eigenvalue weighted by atomic mass is 14.8. The Bertz CT molecular complexity index is 514. The molecule has 0 aliphatic rings. The van der Waals surface area contributed by atoms with Gasteiger partial charge in [0, 0.05) is 0 Å². The summed E-state index contributed by atoms with van der Waals surface area (Å²) in [6.07, 6.45) is 1.08. The van der Waals surface area contributed by atoms with Gasteiger partial charge in [0.15, 0.2) is 0 Å². The molecule has 0 fully saturated rings. The van der Waals surface area contributed by atoms with Crippen molar-refractivity contribution in [3.63, 3.8) is 0 Å². The van der Waals surface area contributed by atoms with Crippen molar-refractivity contribution < 1.29 is 0 Å². The lowest BCUT2D eigenvalue weighted by Gasteiger charge is -2.15. The zero-order valence-electron chi connectivity index (χ0n) is 12.1. The van der Waals surface area contributed by atoms with Crippen molar-refractivity contribution in [3.05, 3.63) is 59.7 Å². The van der Waals surface area contributed by atoms with Gasteiger partial charge in [-0.3, -0.25) is 0 Å². The van der Waals surface area contributed by atoms with Crippen LogP contribution in [0.3, 0.4) is 0 Å². The zero-order chi connectivity index (χ0) is 13.7. The van der Waals surface area contributed by atoms with Crippen molar-refractivity contribution in [2.24, 2.45) is 0 Å². The summed E-state index contributed by atoms with van der Waals surface area (Å²) in [6, 6.07) is 17.6. The topological polar surface area (TPSA) is 12.0 Å². The number of hydrogen-bond donors (Lipinski definition) is 1.